The minimum absolute atomic E-state index is 0.126. The molecule has 2 rings (SSSR count). The number of ether oxygens (including phenoxy) is 1. The first-order valence-corrected chi connectivity index (χ1v) is 9.24. The lowest BCUT2D eigenvalue weighted by molar-refractivity contribution is -0.129. The summed E-state index contributed by atoms with van der Waals surface area (Å²) in [4.78, 5) is 36.4. The summed E-state index contributed by atoms with van der Waals surface area (Å²) in [5.74, 6) is -1.96. The minimum Gasteiger partial charge on any atom is -0.449 e. The molecule has 0 saturated carbocycles. The van der Waals surface area contributed by atoms with Crippen LogP contribution in [0.25, 0.3) is 0 Å². The van der Waals surface area contributed by atoms with Gasteiger partial charge in [-0.2, -0.15) is 0 Å². The standard InChI is InChI=1S/C18H18N2O5S/c1-12(16(21)19-20-17(22)13-8-4-3-5-9-13)25-18(23)14-10-6-7-11-15(14)26(2)24/h3-12H,1-2H3,(H,19,21)(H,20,22)/t12-,26+/m0/s1. The zero-order valence-corrected chi connectivity index (χ0v) is 15.0. The lowest BCUT2D eigenvalue weighted by Gasteiger charge is -2.15. The number of carbonyl (C=O) groups excluding carboxylic acids is 3. The number of carbonyl (C=O) groups is 3. The monoisotopic (exact) mass is 374 g/mol. The number of esters is 1. The van der Waals surface area contributed by atoms with Gasteiger partial charge in [0, 0.05) is 11.8 Å². The molecule has 0 aliphatic rings. The fourth-order valence-electron chi connectivity index (χ4n) is 2.05. The molecule has 0 aliphatic carbocycles. The number of hydrazine groups is 1. The van der Waals surface area contributed by atoms with Crippen molar-refractivity contribution >= 4 is 28.6 Å². The third-order valence-electron chi connectivity index (χ3n) is 3.40. The van der Waals surface area contributed by atoms with Gasteiger partial charge in [-0.1, -0.05) is 30.3 Å². The van der Waals surface area contributed by atoms with Crippen molar-refractivity contribution in [3.05, 3.63) is 65.7 Å². The minimum atomic E-state index is -1.38. The van der Waals surface area contributed by atoms with Crippen molar-refractivity contribution in [2.45, 2.75) is 17.9 Å². The van der Waals surface area contributed by atoms with Crippen molar-refractivity contribution in [1.29, 1.82) is 0 Å². The van der Waals surface area contributed by atoms with Crippen LogP contribution in [0.2, 0.25) is 0 Å². The predicted molar refractivity (Wildman–Crippen MR) is 95.7 cm³/mol. The molecule has 0 saturated heterocycles. The average molecular weight is 374 g/mol. The Labute approximate surface area is 153 Å². The second-order valence-corrected chi connectivity index (χ2v) is 6.66. The summed E-state index contributed by atoms with van der Waals surface area (Å²) in [5, 5.41) is 0. The fraction of sp³-hybridized carbons (Fsp3) is 0.167. The molecule has 8 heteroatoms. The first kappa shape index (κ1) is 19.3. The Balaban J connectivity index is 1.94. The largest absolute Gasteiger partial charge is 0.449 e. The first-order valence-electron chi connectivity index (χ1n) is 7.69. The number of hydrogen-bond acceptors (Lipinski definition) is 5. The summed E-state index contributed by atoms with van der Waals surface area (Å²) < 4.78 is 16.8. The van der Waals surface area contributed by atoms with Gasteiger partial charge in [-0.15, -0.1) is 0 Å². The zero-order valence-electron chi connectivity index (χ0n) is 14.2. The fourth-order valence-corrected chi connectivity index (χ4v) is 2.78. The second kappa shape index (κ2) is 8.91. The molecule has 136 valence electrons. The van der Waals surface area contributed by atoms with Crippen molar-refractivity contribution in [3.63, 3.8) is 0 Å². The molecule has 0 aromatic heterocycles. The summed E-state index contributed by atoms with van der Waals surface area (Å²) in [6, 6.07) is 14.6. The van der Waals surface area contributed by atoms with E-state index >= 15 is 0 Å². The van der Waals surface area contributed by atoms with Gasteiger partial charge in [-0.3, -0.25) is 24.6 Å². The summed E-state index contributed by atoms with van der Waals surface area (Å²) >= 11 is 0. The number of rotatable bonds is 5. The van der Waals surface area contributed by atoms with E-state index in [1.54, 1.807) is 48.5 Å². The van der Waals surface area contributed by atoms with Gasteiger partial charge in [0.05, 0.1) is 21.3 Å². The van der Waals surface area contributed by atoms with E-state index in [0.29, 0.717) is 10.5 Å². The molecular weight excluding hydrogens is 356 g/mol. The highest BCUT2D eigenvalue weighted by Gasteiger charge is 2.22. The molecule has 2 amide bonds. The number of benzene rings is 2. The third kappa shape index (κ3) is 5.00. The van der Waals surface area contributed by atoms with Crippen LogP contribution in [-0.4, -0.2) is 34.4 Å². The number of amides is 2. The summed E-state index contributed by atoms with van der Waals surface area (Å²) in [6.45, 7) is 1.37. The van der Waals surface area contributed by atoms with Crippen LogP contribution in [0.3, 0.4) is 0 Å². The highest BCUT2D eigenvalue weighted by atomic mass is 32.2. The molecule has 0 fully saturated rings. The van der Waals surface area contributed by atoms with Crippen molar-refractivity contribution < 1.29 is 23.3 Å². The van der Waals surface area contributed by atoms with Crippen LogP contribution in [0.5, 0.6) is 0 Å². The molecule has 0 spiro atoms. The number of hydrogen-bond donors (Lipinski definition) is 2. The quantitative estimate of drug-likeness (QED) is 0.609. The smallest absolute Gasteiger partial charge is 0.340 e. The van der Waals surface area contributed by atoms with Gasteiger partial charge in [0.15, 0.2) is 6.10 Å². The highest BCUT2D eigenvalue weighted by molar-refractivity contribution is 7.84. The van der Waals surface area contributed by atoms with Gasteiger partial charge in [0.25, 0.3) is 11.8 Å². The van der Waals surface area contributed by atoms with E-state index < -0.39 is 34.7 Å². The molecule has 2 aromatic carbocycles. The van der Waals surface area contributed by atoms with E-state index in [-0.39, 0.29) is 5.56 Å². The van der Waals surface area contributed by atoms with E-state index in [0.717, 1.165) is 0 Å². The molecule has 0 heterocycles. The predicted octanol–water partition coefficient (Wildman–Crippen LogP) is 1.43. The summed E-state index contributed by atoms with van der Waals surface area (Å²) in [6.07, 6.45) is 0.290. The molecule has 0 aliphatic heterocycles. The topological polar surface area (TPSA) is 102 Å². The van der Waals surface area contributed by atoms with Crippen molar-refractivity contribution in [3.8, 4) is 0 Å². The maximum atomic E-state index is 12.2. The molecule has 26 heavy (non-hydrogen) atoms. The lowest BCUT2D eigenvalue weighted by Crippen LogP contribution is -2.46. The lowest BCUT2D eigenvalue weighted by atomic mass is 10.2. The maximum Gasteiger partial charge on any atom is 0.340 e. The Hall–Kier alpha value is -3.00. The average Bonchev–Trinajstić information content (AvgIpc) is 2.66. The molecule has 0 bridgehead atoms. The zero-order chi connectivity index (χ0) is 19.1. The normalized spacial score (nSPS) is 12.5. The second-order valence-electron chi connectivity index (χ2n) is 5.31. The van der Waals surface area contributed by atoms with Crippen LogP contribution in [0.4, 0.5) is 0 Å². The van der Waals surface area contributed by atoms with Crippen molar-refractivity contribution in [1.82, 2.24) is 10.9 Å². The highest BCUT2D eigenvalue weighted by Crippen LogP contribution is 2.14. The molecule has 2 aromatic rings. The Morgan fingerprint density at radius 3 is 2.23 bits per heavy atom. The summed E-state index contributed by atoms with van der Waals surface area (Å²) in [5.41, 5.74) is 4.94. The van der Waals surface area contributed by atoms with Gasteiger partial charge >= 0.3 is 5.97 Å². The van der Waals surface area contributed by atoms with Crippen molar-refractivity contribution in [2.24, 2.45) is 0 Å². The Morgan fingerprint density at radius 2 is 1.58 bits per heavy atom. The van der Waals surface area contributed by atoms with E-state index in [4.69, 9.17) is 4.74 Å². The van der Waals surface area contributed by atoms with Crippen LogP contribution < -0.4 is 10.9 Å². The van der Waals surface area contributed by atoms with Gasteiger partial charge in [0.1, 0.15) is 0 Å². The SMILES string of the molecule is C[C@H](OC(=O)c1ccccc1[S@@](C)=O)C(=O)NNC(=O)c1ccccc1. The van der Waals surface area contributed by atoms with E-state index in [1.807, 2.05) is 0 Å². The first-order chi connectivity index (χ1) is 12.4. The molecule has 7 nitrogen and oxygen atoms in total. The van der Waals surface area contributed by atoms with E-state index in [1.165, 1.54) is 19.2 Å². The van der Waals surface area contributed by atoms with Crippen LogP contribution in [0.15, 0.2) is 59.5 Å². The molecule has 2 atom stereocenters. The van der Waals surface area contributed by atoms with Gasteiger partial charge in [-0.25, -0.2) is 4.79 Å². The van der Waals surface area contributed by atoms with Crippen LogP contribution in [-0.2, 0) is 20.3 Å². The van der Waals surface area contributed by atoms with Crippen LogP contribution >= 0.6 is 0 Å². The van der Waals surface area contributed by atoms with Crippen LogP contribution in [0.1, 0.15) is 27.6 Å². The molecule has 0 unspecified atom stereocenters. The molecular formula is C18H18N2O5S. The van der Waals surface area contributed by atoms with Crippen LogP contribution in [0, 0.1) is 0 Å². The van der Waals surface area contributed by atoms with Crippen molar-refractivity contribution in [2.75, 3.05) is 6.26 Å². The maximum absolute atomic E-state index is 12.2. The third-order valence-corrected chi connectivity index (χ3v) is 4.38. The van der Waals surface area contributed by atoms with E-state index in [9.17, 15) is 18.6 Å². The Bertz CT molecular complexity index is 838. The van der Waals surface area contributed by atoms with Gasteiger partial charge in [0.2, 0.25) is 0 Å². The summed E-state index contributed by atoms with van der Waals surface area (Å²) in [7, 11) is -1.38. The Morgan fingerprint density at radius 1 is 0.962 bits per heavy atom. The van der Waals surface area contributed by atoms with E-state index in [2.05, 4.69) is 10.9 Å². The Kier molecular flexibility index (Phi) is 6.62. The van der Waals surface area contributed by atoms with Gasteiger partial charge < -0.3 is 4.74 Å². The molecule has 2 N–H and O–H groups in total. The molecule has 0 radical (unpaired) electrons. The van der Waals surface area contributed by atoms with Gasteiger partial charge in [-0.05, 0) is 31.2 Å². The number of nitrogens with one attached hydrogen (secondary N) is 2.